The van der Waals surface area contributed by atoms with Crippen LogP contribution in [0.2, 0.25) is 0 Å². The molecular weight excluding hydrogens is 299 g/mol. The van der Waals surface area contributed by atoms with E-state index in [0.717, 1.165) is 18.4 Å². The minimum absolute atomic E-state index is 0.297. The van der Waals surface area contributed by atoms with E-state index in [1.807, 2.05) is 0 Å². The standard InChI is InChI=1S/C13H12BrFN2O/c14-10-7-9(5-6-11(10)15)13-17-16-12(18-13)8-3-1-2-4-8/h5-8H,1-4H2. The molecule has 0 atom stereocenters. The Hall–Kier alpha value is -1.23. The van der Waals surface area contributed by atoms with Gasteiger partial charge in [0.25, 0.3) is 0 Å². The Morgan fingerprint density at radius 1 is 1.22 bits per heavy atom. The zero-order chi connectivity index (χ0) is 12.5. The van der Waals surface area contributed by atoms with Crippen LogP contribution in [0.5, 0.6) is 0 Å². The molecule has 1 aromatic heterocycles. The summed E-state index contributed by atoms with van der Waals surface area (Å²) in [6.45, 7) is 0. The largest absolute Gasteiger partial charge is 0.420 e. The molecule has 1 fully saturated rings. The van der Waals surface area contributed by atoms with Crippen LogP contribution >= 0.6 is 15.9 Å². The summed E-state index contributed by atoms with van der Waals surface area (Å²) in [7, 11) is 0. The van der Waals surface area contributed by atoms with Gasteiger partial charge in [0.15, 0.2) is 0 Å². The van der Waals surface area contributed by atoms with Gasteiger partial charge in [-0.3, -0.25) is 0 Å². The van der Waals surface area contributed by atoms with E-state index in [-0.39, 0.29) is 5.82 Å². The van der Waals surface area contributed by atoms with E-state index in [4.69, 9.17) is 4.42 Å². The van der Waals surface area contributed by atoms with Gasteiger partial charge < -0.3 is 4.42 Å². The highest BCUT2D eigenvalue weighted by molar-refractivity contribution is 9.10. The van der Waals surface area contributed by atoms with Gasteiger partial charge in [-0.25, -0.2) is 4.39 Å². The second-order valence-electron chi connectivity index (χ2n) is 4.56. The summed E-state index contributed by atoms with van der Waals surface area (Å²) in [6, 6.07) is 4.69. The Morgan fingerprint density at radius 2 is 2.00 bits per heavy atom. The Kier molecular flexibility index (Phi) is 3.16. The van der Waals surface area contributed by atoms with Crippen molar-refractivity contribution >= 4 is 15.9 Å². The van der Waals surface area contributed by atoms with Crippen molar-refractivity contribution in [1.82, 2.24) is 10.2 Å². The minimum Gasteiger partial charge on any atom is -0.420 e. The number of hydrogen-bond acceptors (Lipinski definition) is 3. The van der Waals surface area contributed by atoms with Gasteiger partial charge in [0, 0.05) is 11.5 Å². The highest BCUT2D eigenvalue weighted by Gasteiger charge is 2.23. The first-order chi connectivity index (χ1) is 8.74. The fourth-order valence-electron chi connectivity index (χ4n) is 2.32. The molecule has 0 unspecified atom stereocenters. The van der Waals surface area contributed by atoms with E-state index >= 15 is 0 Å². The Morgan fingerprint density at radius 3 is 2.72 bits per heavy atom. The Labute approximate surface area is 113 Å². The first-order valence-corrected chi connectivity index (χ1v) is 6.82. The smallest absolute Gasteiger partial charge is 0.247 e. The molecule has 5 heteroatoms. The van der Waals surface area contributed by atoms with E-state index in [2.05, 4.69) is 26.1 Å². The van der Waals surface area contributed by atoms with Crippen LogP contribution in [-0.4, -0.2) is 10.2 Å². The third kappa shape index (κ3) is 2.19. The summed E-state index contributed by atoms with van der Waals surface area (Å²) >= 11 is 3.15. The van der Waals surface area contributed by atoms with E-state index in [1.54, 1.807) is 12.1 Å². The summed E-state index contributed by atoms with van der Waals surface area (Å²) in [6.07, 6.45) is 4.69. The SMILES string of the molecule is Fc1ccc(-c2nnc(C3CCCC3)o2)cc1Br. The average molecular weight is 311 g/mol. The van der Waals surface area contributed by atoms with Gasteiger partial charge in [-0.2, -0.15) is 0 Å². The summed E-state index contributed by atoms with van der Waals surface area (Å²) in [4.78, 5) is 0. The molecule has 3 nitrogen and oxygen atoms in total. The monoisotopic (exact) mass is 310 g/mol. The third-order valence-corrected chi connectivity index (χ3v) is 3.92. The van der Waals surface area contributed by atoms with E-state index < -0.39 is 0 Å². The van der Waals surface area contributed by atoms with Gasteiger partial charge in [-0.15, -0.1) is 10.2 Å². The lowest BCUT2D eigenvalue weighted by molar-refractivity contribution is 0.457. The maximum absolute atomic E-state index is 13.2. The van der Waals surface area contributed by atoms with Gasteiger partial charge >= 0.3 is 0 Å². The van der Waals surface area contributed by atoms with Crippen LogP contribution in [0.3, 0.4) is 0 Å². The first-order valence-electron chi connectivity index (χ1n) is 6.03. The fourth-order valence-corrected chi connectivity index (χ4v) is 2.70. The molecule has 0 aliphatic heterocycles. The van der Waals surface area contributed by atoms with Gasteiger partial charge in [-0.05, 0) is 47.0 Å². The molecule has 1 aliphatic carbocycles. The molecule has 1 aromatic carbocycles. The molecule has 18 heavy (non-hydrogen) atoms. The highest BCUT2D eigenvalue weighted by atomic mass is 79.9. The number of benzene rings is 1. The zero-order valence-corrected chi connectivity index (χ0v) is 11.3. The van der Waals surface area contributed by atoms with Crippen molar-refractivity contribution in [2.75, 3.05) is 0 Å². The molecule has 0 radical (unpaired) electrons. The third-order valence-electron chi connectivity index (χ3n) is 3.31. The average Bonchev–Trinajstić information content (AvgIpc) is 3.01. The van der Waals surface area contributed by atoms with Crippen LogP contribution in [0.15, 0.2) is 27.1 Å². The fraction of sp³-hybridized carbons (Fsp3) is 0.385. The van der Waals surface area contributed by atoms with Crippen molar-refractivity contribution < 1.29 is 8.81 Å². The van der Waals surface area contributed by atoms with Crippen molar-refractivity contribution in [2.24, 2.45) is 0 Å². The number of halogens is 2. The van der Waals surface area contributed by atoms with E-state index in [0.29, 0.717) is 22.2 Å². The van der Waals surface area contributed by atoms with Crippen molar-refractivity contribution in [1.29, 1.82) is 0 Å². The molecule has 3 rings (SSSR count). The van der Waals surface area contributed by atoms with Gasteiger partial charge in [0.05, 0.1) is 4.47 Å². The number of hydrogen-bond donors (Lipinski definition) is 0. The molecule has 1 aliphatic rings. The highest BCUT2D eigenvalue weighted by Crippen LogP contribution is 2.34. The maximum atomic E-state index is 13.2. The van der Waals surface area contributed by atoms with E-state index in [9.17, 15) is 4.39 Å². The predicted octanol–water partition coefficient (Wildman–Crippen LogP) is 4.30. The van der Waals surface area contributed by atoms with Crippen LogP contribution in [-0.2, 0) is 0 Å². The normalized spacial score (nSPS) is 16.3. The van der Waals surface area contributed by atoms with Crippen molar-refractivity contribution in [3.63, 3.8) is 0 Å². The molecule has 0 spiro atoms. The maximum Gasteiger partial charge on any atom is 0.247 e. The van der Waals surface area contributed by atoms with Crippen LogP contribution in [0.4, 0.5) is 4.39 Å². The molecule has 0 amide bonds. The molecule has 2 aromatic rings. The summed E-state index contributed by atoms with van der Waals surface area (Å²) in [5.74, 6) is 1.27. The molecule has 0 bridgehead atoms. The number of rotatable bonds is 2. The molecule has 1 saturated carbocycles. The van der Waals surface area contributed by atoms with Crippen molar-refractivity contribution in [3.8, 4) is 11.5 Å². The Bertz CT molecular complexity index is 564. The molecule has 0 N–H and O–H groups in total. The lowest BCUT2D eigenvalue weighted by Crippen LogP contribution is -1.91. The summed E-state index contributed by atoms with van der Waals surface area (Å²) < 4.78 is 19.2. The lowest BCUT2D eigenvalue weighted by Gasteiger charge is -2.01. The van der Waals surface area contributed by atoms with Gasteiger partial charge in [0.2, 0.25) is 11.8 Å². The van der Waals surface area contributed by atoms with Crippen LogP contribution in [0.25, 0.3) is 11.5 Å². The van der Waals surface area contributed by atoms with Crippen LogP contribution in [0.1, 0.15) is 37.5 Å². The second-order valence-corrected chi connectivity index (χ2v) is 5.41. The quantitative estimate of drug-likeness (QED) is 0.830. The summed E-state index contributed by atoms with van der Waals surface area (Å²) in [5, 5.41) is 8.14. The Balaban J connectivity index is 1.89. The number of aromatic nitrogens is 2. The topological polar surface area (TPSA) is 38.9 Å². The molecule has 94 valence electrons. The second kappa shape index (κ2) is 4.80. The van der Waals surface area contributed by atoms with Crippen LogP contribution in [0, 0.1) is 5.82 Å². The first kappa shape index (κ1) is 11.8. The minimum atomic E-state index is -0.297. The predicted molar refractivity (Wildman–Crippen MR) is 68.6 cm³/mol. The molecular formula is C13H12BrFN2O. The molecule has 0 saturated heterocycles. The summed E-state index contributed by atoms with van der Waals surface area (Å²) in [5.41, 5.74) is 0.736. The zero-order valence-electron chi connectivity index (χ0n) is 9.70. The van der Waals surface area contributed by atoms with Gasteiger partial charge in [0.1, 0.15) is 5.82 Å². The van der Waals surface area contributed by atoms with Crippen molar-refractivity contribution in [3.05, 3.63) is 34.4 Å². The van der Waals surface area contributed by atoms with Gasteiger partial charge in [-0.1, -0.05) is 12.8 Å². The van der Waals surface area contributed by atoms with Crippen LogP contribution < -0.4 is 0 Å². The number of nitrogens with zero attached hydrogens (tertiary/aromatic N) is 2. The van der Waals surface area contributed by atoms with E-state index in [1.165, 1.54) is 18.9 Å². The van der Waals surface area contributed by atoms with Crippen molar-refractivity contribution in [2.45, 2.75) is 31.6 Å². The lowest BCUT2D eigenvalue weighted by atomic mass is 10.1. The molecule has 1 heterocycles.